The maximum Gasteiger partial charge on any atom is 0.417 e. The molecule has 2 aliphatic carbocycles. The lowest BCUT2D eigenvalue weighted by atomic mass is 9.79. The molecule has 1 aromatic carbocycles. The molecule has 7 heteroatoms. The number of esters is 1. The summed E-state index contributed by atoms with van der Waals surface area (Å²) in [5.74, 6) is -0.609. The third kappa shape index (κ3) is 4.59. The van der Waals surface area contributed by atoms with E-state index in [9.17, 15) is 14.4 Å². The number of carbonyl (C=O) groups excluding carboxylic acids is 3. The van der Waals surface area contributed by atoms with Gasteiger partial charge in [-0.1, -0.05) is 43.7 Å². The summed E-state index contributed by atoms with van der Waals surface area (Å²) in [6.45, 7) is 9.30. The molecule has 0 spiro atoms. The monoisotopic (exact) mass is 471 g/mol. The van der Waals surface area contributed by atoms with Crippen molar-refractivity contribution in [2.75, 3.05) is 7.11 Å². The highest BCUT2D eigenvalue weighted by Gasteiger charge is 2.62. The fourth-order valence-electron chi connectivity index (χ4n) is 6.18. The first-order chi connectivity index (χ1) is 16.0. The number of amides is 2. The van der Waals surface area contributed by atoms with Crippen molar-refractivity contribution in [3.8, 4) is 0 Å². The van der Waals surface area contributed by atoms with Crippen LogP contribution in [0.15, 0.2) is 30.3 Å². The van der Waals surface area contributed by atoms with Crippen molar-refractivity contribution in [1.82, 2.24) is 4.90 Å². The fourth-order valence-corrected chi connectivity index (χ4v) is 6.18. The average molecular weight is 472 g/mol. The number of hydrogen-bond acceptors (Lipinski definition) is 6. The predicted octanol–water partition coefficient (Wildman–Crippen LogP) is 4.75. The molecule has 3 aliphatic rings. The van der Waals surface area contributed by atoms with E-state index in [1.165, 1.54) is 4.90 Å². The van der Waals surface area contributed by atoms with Crippen molar-refractivity contribution in [1.29, 1.82) is 0 Å². The van der Waals surface area contributed by atoms with Crippen molar-refractivity contribution in [3.63, 3.8) is 0 Å². The van der Waals surface area contributed by atoms with E-state index in [0.29, 0.717) is 0 Å². The fraction of sp³-hybridized carbons (Fsp3) is 0.667. The van der Waals surface area contributed by atoms with Gasteiger partial charge in [-0.05, 0) is 63.9 Å². The van der Waals surface area contributed by atoms with Gasteiger partial charge in [-0.2, -0.15) is 0 Å². The largest absolute Gasteiger partial charge is 0.460 e. The Hall–Kier alpha value is -2.41. The van der Waals surface area contributed by atoms with Crippen LogP contribution in [0.4, 0.5) is 4.79 Å². The van der Waals surface area contributed by atoms with E-state index in [-0.39, 0.29) is 41.7 Å². The molecule has 2 amide bonds. The van der Waals surface area contributed by atoms with Gasteiger partial charge in [0.25, 0.3) is 0 Å². The summed E-state index contributed by atoms with van der Waals surface area (Å²) in [4.78, 5) is 40.3. The highest BCUT2D eigenvalue weighted by Crippen LogP contribution is 2.60. The number of benzene rings is 1. The van der Waals surface area contributed by atoms with Crippen LogP contribution in [-0.2, 0) is 23.8 Å². The van der Waals surface area contributed by atoms with Crippen LogP contribution in [0.5, 0.6) is 0 Å². The lowest BCUT2D eigenvalue weighted by Crippen LogP contribution is -2.47. The van der Waals surface area contributed by atoms with Gasteiger partial charge in [0.2, 0.25) is 5.91 Å². The molecule has 34 heavy (non-hydrogen) atoms. The van der Waals surface area contributed by atoms with Crippen molar-refractivity contribution in [3.05, 3.63) is 35.9 Å². The Balaban J connectivity index is 1.48. The molecule has 1 saturated heterocycles. The molecule has 3 fully saturated rings. The second-order valence-corrected chi connectivity index (χ2v) is 11.0. The van der Waals surface area contributed by atoms with E-state index in [1.54, 1.807) is 7.11 Å². The van der Waals surface area contributed by atoms with Gasteiger partial charge < -0.3 is 14.2 Å². The van der Waals surface area contributed by atoms with Crippen LogP contribution < -0.4 is 0 Å². The molecule has 0 aromatic heterocycles. The summed E-state index contributed by atoms with van der Waals surface area (Å²) in [5.41, 5.74) is 0.340. The summed E-state index contributed by atoms with van der Waals surface area (Å²) in [6, 6.07) is 9.06. The van der Waals surface area contributed by atoms with Gasteiger partial charge in [-0.25, -0.2) is 9.69 Å². The van der Waals surface area contributed by atoms with Gasteiger partial charge in [0.05, 0.1) is 24.0 Å². The molecule has 8 atom stereocenters. The van der Waals surface area contributed by atoms with Gasteiger partial charge >= 0.3 is 12.1 Å². The van der Waals surface area contributed by atoms with Crippen molar-refractivity contribution >= 4 is 18.0 Å². The molecular weight excluding hydrogens is 434 g/mol. The van der Waals surface area contributed by atoms with Crippen LogP contribution in [-0.4, -0.2) is 47.7 Å². The van der Waals surface area contributed by atoms with Gasteiger partial charge in [-0.3, -0.25) is 9.59 Å². The van der Waals surface area contributed by atoms with E-state index < -0.39 is 29.8 Å². The summed E-state index contributed by atoms with van der Waals surface area (Å²) < 4.78 is 17.1. The Kier molecular flexibility index (Phi) is 6.78. The number of imide groups is 1. The number of nitrogens with zero attached hydrogens (tertiary/aromatic N) is 1. The maximum absolute atomic E-state index is 13.6. The topological polar surface area (TPSA) is 82.1 Å². The van der Waals surface area contributed by atoms with Crippen molar-refractivity contribution in [2.24, 2.45) is 29.6 Å². The van der Waals surface area contributed by atoms with E-state index >= 15 is 0 Å². The van der Waals surface area contributed by atoms with Crippen LogP contribution in [0, 0.1) is 29.6 Å². The Morgan fingerprint density at radius 3 is 2.44 bits per heavy atom. The maximum atomic E-state index is 13.6. The molecule has 7 nitrogen and oxygen atoms in total. The Morgan fingerprint density at radius 2 is 1.82 bits per heavy atom. The molecule has 186 valence electrons. The highest BCUT2D eigenvalue weighted by molar-refractivity contribution is 5.95. The average Bonchev–Trinajstić information content (AvgIpc) is 3.45. The molecule has 4 rings (SSSR count). The van der Waals surface area contributed by atoms with Gasteiger partial charge in [0.1, 0.15) is 11.7 Å². The molecule has 0 radical (unpaired) electrons. The molecule has 1 aliphatic heterocycles. The quantitative estimate of drug-likeness (QED) is 0.557. The predicted molar refractivity (Wildman–Crippen MR) is 126 cm³/mol. The first kappa shape index (κ1) is 24.7. The second kappa shape index (κ2) is 9.33. The summed E-state index contributed by atoms with van der Waals surface area (Å²) in [6.07, 6.45) is 1.38. The van der Waals surface area contributed by atoms with Crippen LogP contribution in [0.1, 0.15) is 65.5 Å². The number of fused-ring (bicyclic) bond motifs is 1. The summed E-state index contributed by atoms with van der Waals surface area (Å²) >= 11 is 0. The standard InChI is InChI=1S/C27H37NO6/c1-15(24(29)28-16(2)23(33-26(28)31)17-11-8-7-9-12-17)22(32-6)19-14-10-13-18-20(19)21(18)25(30)34-27(3,4)5/h7-9,11-12,15-16,18-23H,10,13-14H2,1-6H3. The minimum Gasteiger partial charge on any atom is -0.460 e. The van der Waals surface area contributed by atoms with E-state index in [1.807, 2.05) is 65.0 Å². The molecular formula is C27H37NO6. The Morgan fingerprint density at radius 1 is 1.15 bits per heavy atom. The highest BCUT2D eigenvalue weighted by atomic mass is 16.6. The molecule has 8 unspecified atom stereocenters. The van der Waals surface area contributed by atoms with Crippen LogP contribution >= 0.6 is 0 Å². The first-order valence-electron chi connectivity index (χ1n) is 12.4. The third-order valence-corrected chi connectivity index (χ3v) is 7.69. The lowest BCUT2D eigenvalue weighted by molar-refractivity contribution is -0.157. The number of ether oxygens (including phenoxy) is 3. The van der Waals surface area contributed by atoms with E-state index in [0.717, 1.165) is 24.8 Å². The zero-order chi connectivity index (χ0) is 24.8. The molecule has 1 heterocycles. The molecule has 1 aromatic rings. The Labute approximate surface area is 202 Å². The van der Waals surface area contributed by atoms with Crippen LogP contribution in [0.3, 0.4) is 0 Å². The minimum absolute atomic E-state index is 0.0686. The van der Waals surface area contributed by atoms with Gasteiger partial charge in [0, 0.05) is 7.11 Å². The SMILES string of the molecule is COC(C(C)C(=O)N1C(=O)OC(c2ccccc2)C1C)C1CCCC2C(C(=O)OC(C)(C)C)C12. The zero-order valence-electron chi connectivity index (χ0n) is 21.0. The van der Waals surface area contributed by atoms with E-state index in [2.05, 4.69) is 0 Å². The van der Waals surface area contributed by atoms with Crippen molar-refractivity contribution < 1.29 is 28.6 Å². The second-order valence-electron chi connectivity index (χ2n) is 11.0. The molecule has 2 saturated carbocycles. The number of carbonyl (C=O) groups is 3. The first-order valence-corrected chi connectivity index (χ1v) is 12.4. The smallest absolute Gasteiger partial charge is 0.417 e. The van der Waals surface area contributed by atoms with Gasteiger partial charge in [0.15, 0.2) is 0 Å². The molecule has 0 N–H and O–H groups in total. The number of rotatable bonds is 6. The third-order valence-electron chi connectivity index (χ3n) is 7.69. The zero-order valence-corrected chi connectivity index (χ0v) is 21.0. The van der Waals surface area contributed by atoms with Crippen LogP contribution in [0.25, 0.3) is 0 Å². The summed E-state index contributed by atoms with van der Waals surface area (Å²) in [7, 11) is 1.61. The number of cyclic esters (lactones) is 1. The molecule has 0 bridgehead atoms. The number of hydrogen-bond donors (Lipinski definition) is 0. The van der Waals surface area contributed by atoms with Gasteiger partial charge in [-0.15, -0.1) is 0 Å². The van der Waals surface area contributed by atoms with E-state index in [4.69, 9.17) is 14.2 Å². The van der Waals surface area contributed by atoms with Crippen LogP contribution in [0.2, 0.25) is 0 Å². The lowest BCUT2D eigenvalue weighted by Gasteiger charge is -2.34. The minimum atomic E-state index is -0.618. The summed E-state index contributed by atoms with van der Waals surface area (Å²) in [5, 5.41) is 0. The van der Waals surface area contributed by atoms with Crippen molar-refractivity contribution in [2.45, 2.75) is 77.7 Å². The Bertz CT molecular complexity index is 925. The number of methoxy groups -OCH3 is 1. The normalized spacial score (nSPS) is 32.4.